The number of aryl methyl sites for hydroxylation is 2. The van der Waals surface area contributed by atoms with Gasteiger partial charge in [-0.2, -0.15) is 5.10 Å². The predicted molar refractivity (Wildman–Crippen MR) is 214 cm³/mol. The number of halogens is 1. The number of carbonyl (C=O) groups is 2. The summed E-state index contributed by atoms with van der Waals surface area (Å²) >= 11 is 6.71. The molecule has 2 bridgehead atoms. The van der Waals surface area contributed by atoms with E-state index in [9.17, 15) is 9.59 Å². The van der Waals surface area contributed by atoms with E-state index in [1.54, 1.807) is 18.2 Å². The molecule has 0 spiro atoms. The second-order valence-electron chi connectivity index (χ2n) is 14.7. The number of benzene rings is 2. The first-order valence-electron chi connectivity index (χ1n) is 19.5. The van der Waals surface area contributed by atoms with Crippen molar-refractivity contribution >= 4 is 40.1 Å². The summed E-state index contributed by atoms with van der Waals surface area (Å²) in [5.74, 6) is -0.00431. The Morgan fingerprint density at radius 2 is 1.73 bits per heavy atom. The fourth-order valence-electron chi connectivity index (χ4n) is 8.13. The Hall–Kier alpha value is -4.88. The van der Waals surface area contributed by atoms with E-state index in [2.05, 4.69) is 67.4 Å². The Balaban J connectivity index is 0.932. The molecular formula is C42H48ClN9O3. The molecule has 2 aromatic carbocycles. The van der Waals surface area contributed by atoms with E-state index in [0.717, 1.165) is 83.1 Å². The number of hydrogen-bond donors (Lipinski definition) is 4. The number of fused-ring (bicyclic) bond motifs is 3. The maximum atomic E-state index is 13.5. The molecule has 3 aromatic heterocycles. The molecule has 3 aliphatic rings. The molecule has 2 atom stereocenters. The van der Waals surface area contributed by atoms with Crippen LogP contribution in [0.4, 0.5) is 5.69 Å². The molecule has 8 rings (SSSR count). The van der Waals surface area contributed by atoms with Crippen molar-refractivity contribution in [3.05, 3.63) is 106 Å². The zero-order chi connectivity index (χ0) is 37.9. The van der Waals surface area contributed by atoms with Crippen LogP contribution in [0.15, 0.2) is 66.9 Å². The first-order chi connectivity index (χ1) is 26.9. The summed E-state index contributed by atoms with van der Waals surface area (Å²) in [6.07, 6.45) is 6.01. The lowest BCUT2D eigenvalue weighted by Gasteiger charge is -2.27. The number of carbonyl (C=O) groups excluding carboxylic acids is 2. The fraction of sp³-hybridized carbons (Fsp3) is 0.405. The van der Waals surface area contributed by atoms with Crippen LogP contribution in [0.2, 0.25) is 5.02 Å². The quantitative estimate of drug-likeness (QED) is 0.115. The van der Waals surface area contributed by atoms with Gasteiger partial charge in [0.15, 0.2) is 5.65 Å². The number of likely N-dealkylation sites (tertiary alicyclic amines) is 1. The topological polar surface area (TPSA) is 138 Å². The number of nitrogens with one attached hydrogen (secondary N) is 4. The lowest BCUT2D eigenvalue weighted by molar-refractivity contribution is 0.0904. The third-order valence-corrected chi connectivity index (χ3v) is 11.4. The van der Waals surface area contributed by atoms with E-state index in [-0.39, 0.29) is 42.3 Å². The van der Waals surface area contributed by atoms with Gasteiger partial charge in [0.2, 0.25) is 0 Å². The molecule has 6 heterocycles. The van der Waals surface area contributed by atoms with Gasteiger partial charge in [-0.1, -0.05) is 48.9 Å². The van der Waals surface area contributed by atoms with Crippen molar-refractivity contribution < 1.29 is 14.3 Å². The molecule has 0 radical (unpaired) electrons. The minimum absolute atomic E-state index is 0.156. The van der Waals surface area contributed by atoms with Gasteiger partial charge in [-0.25, -0.2) is 14.6 Å². The number of rotatable bonds is 13. The van der Waals surface area contributed by atoms with Crippen LogP contribution in [0.25, 0.3) is 22.2 Å². The molecule has 3 saturated heterocycles. The van der Waals surface area contributed by atoms with Crippen LogP contribution >= 0.6 is 11.6 Å². The van der Waals surface area contributed by atoms with Gasteiger partial charge in [0.25, 0.3) is 11.8 Å². The number of hydrogen-bond acceptors (Lipinski definition) is 9. The molecule has 3 aliphatic heterocycles. The van der Waals surface area contributed by atoms with Crippen LogP contribution in [0.3, 0.4) is 0 Å². The van der Waals surface area contributed by atoms with Crippen molar-refractivity contribution in [1.82, 2.24) is 40.6 Å². The predicted octanol–water partition coefficient (Wildman–Crippen LogP) is 5.93. The molecule has 12 nitrogen and oxygen atoms in total. The smallest absolute Gasteiger partial charge is 0.270 e. The highest BCUT2D eigenvalue weighted by molar-refractivity contribution is 6.33. The molecule has 4 N–H and O–H groups in total. The van der Waals surface area contributed by atoms with Crippen molar-refractivity contribution in [3.63, 3.8) is 0 Å². The number of anilines is 1. The van der Waals surface area contributed by atoms with Gasteiger partial charge in [0, 0.05) is 80.4 Å². The van der Waals surface area contributed by atoms with Crippen molar-refractivity contribution in [2.75, 3.05) is 31.6 Å². The van der Waals surface area contributed by atoms with Gasteiger partial charge in [-0.15, -0.1) is 0 Å². The summed E-state index contributed by atoms with van der Waals surface area (Å²) < 4.78 is 7.49. The maximum Gasteiger partial charge on any atom is 0.270 e. The lowest BCUT2D eigenvalue weighted by atomic mass is 10.0. The zero-order valence-electron chi connectivity index (χ0n) is 31.4. The Kier molecular flexibility index (Phi) is 11.1. The van der Waals surface area contributed by atoms with Gasteiger partial charge in [0.05, 0.1) is 23.4 Å². The van der Waals surface area contributed by atoms with Gasteiger partial charge >= 0.3 is 0 Å². The molecule has 13 heteroatoms. The number of pyridine rings is 2. The standard InChI is InChI=1S/C42H48ClN9O3/c1-3-35-32(39(48-30-13-15-55-16-14-30)33-23-47-52(4-2)40(33)50-35)22-46-42(54)37-10-6-9-36(49-37)41(53)45-20-26-11-12-34(43)31(18-26)29-8-5-7-27(17-29)24-51-25-28-19-38(51)44-21-28/h5-12,17-18,23,28,30,38,44H,3-4,13-16,19-22,24-25H2,1-2H3,(H,45,53)(H,46,54)(H,48,50)/t28-,38+/m1/s1. The van der Waals surface area contributed by atoms with Gasteiger partial charge in [-0.05, 0) is 85.5 Å². The molecule has 286 valence electrons. The summed E-state index contributed by atoms with van der Waals surface area (Å²) in [6.45, 7) is 9.89. The van der Waals surface area contributed by atoms with E-state index in [1.165, 1.54) is 12.0 Å². The van der Waals surface area contributed by atoms with E-state index >= 15 is 0 Å². The van der Waals surface area contributed by atoms with Crippen molar-refractivity contribution in [1.29, 1.82) is 0 Å². The Morgan fingerprint density at radius 1 is 0.945 bits per heavy atom. The monoisotopic (exact) mass is 761 g/mol. The number of amides is 2. The Morgan fingerprint density at radius 3 is 2.45 bits per heavy atom. The SMILES string of the molecule is CCc1nc2c(cnn2CC)c(NC2CCOCC2)c1CNC(=O)c1cccc(C(=O)NCc2ccc(Cl)c(-c3cccc(CN4C[C@H]5CN[C@@H]4C5)c3)c2)n1. The molecule has 5 aromatic rings. The highest BCUT2D eigenvalue weighted by Crippen LogP contribution is 2.33. The number of nitrogens with zero attached hydrogens (tertiary/aromatic N) is 5. The molecule has 55 heavy (non-hydrogen) atoms. The minimum Gasteiger partial charge on any atom is -0.381 e. The average Bonchev–Trinajstić information content (AvgIpc) is 3.97. The Labute approximate surface area is 326 Å². The third-order valence-electron chi connectivity index (χ3n) is 11.1. The first kappa shape index (κ1) is 37.1. The van der Waals surface area contributed by atoms with Crippen LogP contribution in [0.1, 0.15) is 76.5 Å². The molecule has 3 fully saturated rings. The van der Waals surface area contributed by atoms with E-state index < -0.39 is 0 Å². The van der Waals surface area contributed by atoms with E-state index in [1.807, 2.05) is 36.0 Å². The second kappa shape index (κ2) is 16.5. The summed E-state index contributed by atoms with van der Waals surface area (Å²) in [7, 11) is 0. The average molecular weight is 762 g/mol. The molecular weight excluding hydrogens is 714 g/mol. The Bertz CT molecular complexity index is 2200. The lowest BCUT2D eigenvalue weighted by Crippen LogP contribution is -2.43. The minimum atomic E-state index is -0.379. The van der Waals surface area contributed by atoms with Gasteiger partial charge in [-0.3, -0.25) is 14.5 Å². The molecule has 2 amide bonds. The summed E-state index contributed by atoms with van der Waals surface area (Å²) in [6, 6.07) is 19.5. The second-order valence-corrected chi connectivity index (χ2v) is 15.1. The van der Waals surface area contributed by atoms with Crippen LogP contribution in [0.5, 0.6) is 0 Å². The first-order valence-corrected chi connectivity index (χ1v) is 19.8. The van der Waals surface area contributed by atoms with Crippen LogP contribution in [0, 0.1) is 5.92 Å². The zero-order valence-corrected chi connectivity index (χ0v) is 32.2. The van der Waals surface area contributed by atoms with E-state index in [0.29, 0.717) is 37.4 Å². The highest BCUT2D eigenvalue weighted by atomic mass is 35.5. The van der Waals surface area contributed by atoms with E-state index in [4.69, 9.17) is 21.3 Å². The maximum absolute atomic E-state index is 13.5. The molecule has 0 aliphatic carbocycles. The van der Waals surface area contributed by atoms with Gasteiger partial charge < -0.3 is 26.0 Å². The largest absolute Gasteiger partial charge is 0.381 e. The number of aromatic nitrogens is 4. The summed E-state index contributed by atoms with van der Waals surface area (Å²) in [5.41, 5.74) is 8.00. The summed E-state index contributed by atoms with van der Waals surface area (Å²) in [5, 5.41) is 19.5. The van der Waals surface area contributed by atoms with Crippen molar-refractivity contribution in [2.24, 2.45) is 5.92 Å². The number of ether oxygens (including phenoxy) is 1. The van der Waals surface area contributed by atoms with Crippen LogP contribution in [-0.2, 0) is 37.3 Å². The normalized spacial score (nSPS) is 18.5. The molecule has 0 unspecified atom stereocenters. The fourth-order valence-corrected chi connectivity index (χ4v) is 8.36. The molecule has 0 saturated carbocycles. The highest BCUT2D eigenvalue weighted by Gasteiger charge is 2.37. The summed E-state index contributed by atoms with van der Waals surface area (Å²) in [4.78, 5) is 38.8. The van der Waals surface area contributed by atoms with Crippen LogP contribution < -0.4 is 21.3 Å². The third kappa shape index (κ3) is 8.09. The van der Waals surface area contributed by atoms with Crippen LogP contribution in [-0.4, -0.2) is 75.0 Å². The van der Waals surface area contributed by atoms with Crippen molar-refractivity contribution in [2.45, 2.75) is 77.9 Å². The van der Waals surface area contributed by atoms with Gasteiger partial charge in [0.1, 0.15) is 11.4 Å². The van der Waals surface area contributed by atoms with Crippen molar-refractivity contribution in [3.8, 4) is 11.1 Å².